The fraction of sp³-hybridized carbons (Fsp3) is 0.529. The van der Waals surface area contributed by atoms with Crippen molar-refractivity contribution in [2.45, 2.75) is 39.5 Å². The molecule has 1 saturated heterocycles. The normalized spacial score (nSPS) is 16.2. The summed E-state index contributed by atoms with van der Waals surface area (Å²) in [6.07, 6.45) is 1.35. The highest BCUT2D eigenvalue weighted by molar-refractivity contribution is 14.1. The van der Waals surface area contributed by atoms with Crippen LogP contribution in [0.5, 0.6) is 0 Å². The van der Waals surface area contributed by atoms with Crippen molar-refractivity contribution in [1.29, 1.82) is 0 Å². The predicted octanol–water partition coefficient (Wildman–Crippen LogP) is 3.70. The lowest BCUT2D eigenvalue weighted by atomic mass is 9.95. The lowest BCUT2D eigenvalue weighted by molar-refractivity contribution is -0.150. The minimum absolute atomic E-state index is 0.0536. The number of benzene rings is 1. The SMILES string of the molecule is CCOC(=O)N1CCCCN1C(=O)C(C)c1ccc(I)cc1C. The summed E-state index contributed by atoms with van der Waals surface area (Å²) in [5.41, 5.74) is 2.10. The molecule has 0 spiro atoms. The lowest BCUT2D eigenvalue weighted by Crippen LogP contribution is -2.54. The van der Waals surface area contributed by atoms with Gasteiger partial charge in [0, 0.05) is 16.7 Å². The van der Waals surface area contributed by atoms with Gasteiger partial charge in [0.2, 0.25) is 5.91 Å². The summed E-state index contributed by atoms with van der Waals surface area (Å²) in [6, 6.07) is 6.07. The Kier molecular flexibility index (Phi) is 6.26. The van der Waals surface area contributed by atoms with Gasteiger partial charge in [0.05, 0.1) is 12.5 Å². The van der Waals surface area contributed by atoms with E-state index in [0.29, 0.717) is 19.7 Å². The molecule has 1 aromatic carbocycles. The number of hydrazine groups is 1. The second-order valence-electron chi connectivity index (χ2n) is 5.71. The fourth-order valence-corrected chi connectivity index (χ4v) is 3.51. The Hall–Kier alpha value is -1.31. The van der Waals surface area contributed by atoms with E-state index in [2.05, 4.69) is 28.7 Å². The van der Waals surface area contributed by atoms with Crippen molar-refractivity contribution < 1.29 is 14.3 Å². The van der Waals surface area contributed by atoms with E-state index in [9.17, 15) is 9.59 Å². The van der Waals surface area contributed by atoms with E-state index >= 15 is 0 Å². The quantitative estimate of drug-likeness (QED) is 0.688. The van der Waals surface area contributed by atoms with Crippen molar-refractivity contribution in [2.75, 3.05) is 19.7 Å². The summed E-state index contributed by atoms with van der Waals surface area (Å²) in [5, 5.41) is 3.01. The van der Waals surface area contributed by atoms with Gasteiger partial charge in [-0.25, -0.2) is 14.8 Å². The summed E-state index contributed by atoms with van der Waals surface area (Å²) in [6.45, 7) is 7.08. The van der Waals surface area contributed by atoms with E-state index in [0.717, 1.165) is 27.5 Å². The topological polar surface area (TPSA) is 49.9 Å². The first kappa shape index (κ1) is 18.0. The van der Waals surface area contributed by atoms with Crippen LogP contribution in [0, 0.1) is 10.5 Å². The average Bonchev–Trinajstić information content (AvgIpc) is 2.54. The molecule has 2 rings (SSSR count). The van der Waals surface area contributed by atoms with E-state index in [4.69, 9.17) is 4.74 Å². The third-order valence-corrected chi connectivity index (χ3v) is 4.75. The van der Waals surface area contributed by atoms with Gasteiger partial charge in [-0.15, -0.1) is 0 Å². The molecule has 1 fully saturated rings. The molecule has 1 aliphatic heterocycles. The molecule has 0 bridgehead atoms. The number of ether oxygens (including phenoxy) is 1. The van der Waals surface area contributed by atoms with Gasteiger partial charge in [0.15, 0.2) is 0 Å². The second kappa shape index (κ2) is 7.99. The molecule has 23 heavy (non-hydrogen) atoms. The summed E-state index contributed by atoms with van der Waals surface area (Å²) in [4.78, 5) is 25.0. The number of nitrogens with zero attached hydrogens (tertiary/aromatic N) is 2. The van der Waals surface area contributed by atoms with Crippen LogP contribution in [0.3, 0.4) is 0 Å². The molecular formula is C17H23IN2O3. The number of rotatable bonds is 3. The highest BCUT2D eigenvalue weighted by Gasteiger charge is 2.33. The van der Waals surface area contributed by atoms with Crippen molar-refractivity contribution in [3.63, 3.8) is 0 Å². The molecule has 1 heterocycles. The molecule has 0 aromatic heterocycles. The largest absolute Gasteiger partial charge is 0.448 e. The van der Waals surface area contributed by atoms with Gasteiger partial charge in [-0.2, -0.15) is 0 Å². The maximum atomic E-state index is 12.9. The number of aryl methyl sites for hydroxylation is 1. The smallest absolute Gasteiger partial charge is 0.428 e. The molecule has 1 aliphatic rings. The molecule has 126 valence electrons. The molecular weight excluding hydrogens is 407 g/mol. The minimum Gasteiger partial charge on any atom is -0.448 e. The molecule has 0 radical (unpaired) electrons. The van der Waals surface area contributed by atoms with Gasteiger partial charge in [-0.3, -0.25) is 4.79 Å². The number of amides is 2. The van der Waals surface area contributed by atoms with Gasteiger partial charge in [-0.05, 0) is 79.5 Å². The van der Waals surface area contributed by atoms with Crippen molar-refractivity contribution in [3.05, 3.63) is 32.9 Å². The zero-order valence-corrected chi connectivity index (χ0v) is 16.0. The Morgan fingerprint density at radius 3 is 2.52 bits per heavy atom. The molecule has 1 unspecified atom stereocenters. The minimum atomic E-state index is -0.438. The van der Waals surface area contributed by atoms with Crippen LogP contribution in [0.4, 0.5) is 4.79 Å². The summed E-state index contributed by atoms with van der Waals surface area (Å²) >= 11 is 2.26. The number of carbonyl (C=O) groups is 2. The summed E-state index contributed by atoms with van der Waals surface area (Å²) < 4.78 is 6.23. The van der Waals surface area contributed by atoms with Crippen molar-refractivity contribution >= 4 is 34.6 Å². The maximum absolute atomic E-state index is 12.9. The van der Waals surface area contributed by atoms with Crippen LogP contribution in [0.1, 0.15) is 43.7 Å². The molecule has 5 nitrogen and oxygen atoms in total. The molecule has 1 aromatic rings. The number of hydrogen-bond acceptors (Lipinski definition) is 3. The predicted molar refractivity (Wildman–Crippen MR) is 97.0 cm³/mol. The molecule has 1 atom stereocenters. The second-order valence-corrected chi connectivity index (χ2v) is 6.96. The van der Waals surface area contributed by atoms with Gasteiger partial charge < -0.3 is 4.74 Å². The van der Waals surface area contributed by atoms with Gasteiger partial charge >= 0.3 is 6.09 Å². The standard InChI is InChI=1S/C17H23IN2O3/c1-4-23-17(22)20-10-6-5-9-19(20)16(21)13(3)15-8-7-14(18)11-12(15)2/h7-8,11,13H,4-6,9-10H2,1-3H3. The molecule has 6 heteroatoms. The first-order chi connectivity index (χ1) is 11.0. The van der Waals surface area contributed by atoms with Crippen LogP contribution in [-0.4, -0.2) is 41.7 Å². The van der Waals surface area contributed by atoms with Crippen LogP contribution in [-0.2, 0) is 9.53 Å². The van der Waals surface area contributed by atoms with E-state index in [1.165, 1.54) is 5.01 Å². The zero-order valence-electron chi connectivity index (χ0n) is 13.8. The zero-order chi connectivity index (χ0) is 17.0. The molecule has 0 N–H and O–H groups in total. The van der Waals surface area contributed by atoms with E-state index in [-0.39, 0.29) is 11.8 Å². The number of hydrogen-bond donors (Lipinski definition) is 0. The third kappa shape index (κ3) is 4.16. The lowest BCUT2D eigenvalue weighted by Gasteiger charge is -2.39. The molecule has 2 amide bonds. The van der Waals surface area contributed by atoms with Gasteiger partial charge in [-0.1, -0.05) is 6.07 Å². The number of halogens is 1. The molecule has 0 aliphatic carbocycles. The van der Waals surface area contributed by atoms with Gasteiger partial charge in [0.1, 0.15) is 0 Å². The summed E-state index contributed by atoms with van der Waals surface area (Å²) in [5.74, 6) is -0.343. The van der Waals surface area contributed by atoms with Crippen LogP contribution in [0.15, 0.2) is 18.2 Å². The maximum Gasteiger partial charge on any atom is 0.428 e. The Bertz CT molecular complexity index is 591. The van der Waals surface area contributed by atoms with Crippen LogP contribution in [0.25, 0.3) is 0 Å². The Morgan fingerprint density at radius 1 is 1.26 bits per heavy atom. The van der Waals surface area contributed by atoms with Gasteiger partial charge in [0.25, 0.3) is 0 Å². The first-order valence-electron chi connectivity index (χ1n) is 7.97. The highest BCUT2D eigenvalue weighted by Crippen LogP contribution is 2.25. The third-order valence-electron chi connectivity index (χ3n) is 4.08. The Balaban J connectivity index is 2.20. The first-order valence-corrected chi connectivity index (χ1v) is 9.05. The van der Waals surface area contributed by atoms with Crippen LogP contribution in [0.2, 0.25) is 0 Å². The van der Waals surface area contributed by atoms with E-state index < -0.39 is 6.09 Å². The number of carbonyl (C=O) groups excluding carboxylic acids is 2. The monoisotopic (exact) mass is 430 g/mol. The van der Waals surface area contributed by atoms with Crippen molar-refractivity contribution in [1.82, 2.24) is 10.0 Å². The highest BCUT2D eigenvalue weighted by atomic mass is 127. The Labute approximate surface area is 151 Å². The van der Waals surface area contributed by atoms with E-state index in [1.807, 2.05) is 26.0 Å². The van der Waals surface area contributed by atoms with Crippen molar-refractivity contribution in [2.24, 2.45) is 0 Å². The van der Waals surface area contributed by atoms with E-state index in [1.54, 1.807) is 11.9 Å². The Morgan fingerprint density at radius 2 is 1.91 bits per heavy atom. The van der Waals surface area contributed by atoms with Crippen LogP contribution >= 0.6 is 22.6 Å². The average molecular weight is 430 g/mol. The molecule has 0 saturated carbocycles. The van der Waals surface area contributed by atoms with Crippen LogP contribution < -0.4 is 0 Å². The van der Waals surface area contributed by atoms with Crippen molar-refractivity contribution in [3.8, 4) is 0 Å². The summed E-state index contributed by atoms with van der Waals surface area (Å²) in [7, 11) is 0. The fourth-order valence-electron chi connectivity index (χ4n) is 2.86.